The van der Waals surface area contributed by atoms with Crippen molar-refractivity contribution in [2.45, 2.75) is 25.8 Å². The molecule has 2 nitrogen and oxygen atoms in total. The van der Waals surface area contributed by atoms with Crippen LogP contribution in [0.5, 0.6) is 0 Å². The second-order valence-corrected chi connectivity index (χ2v) is 3.18. The fourth-order valence-electron chi connectivity index (χ4n) is 1.25. The van der Waals surface area contributed by atoms with Gasteiger partial charge in [-0.05, 0) is 24.1 Å². The molecule has 0 radical (unpaired) electrons. The molecule has 0 saturated carbocycles. The zero-order valence-corrected chi connectivity index (χ0v) is 7.76. The third-order valence-electron chi connectivity index (χ3n) is 2.05. The first-order chi connectivity index (χ1) is 6.15. The third kappa shape index (κ3) is 2.42. The van der Waals surface area contributed by atoms with Crippen molar-refractivity contribution in [2.24, 2.45) is 5.73 Å². The van der Waals surface area contributed by atoms with Crippen molar-refractivity contribution in [3.05, 3.63) is 29.6 Å². The van der Waals surface area contributed by atoms with E-state index < -0.39 is 0 Å². The fourth-order valence-corrected chi connectivity index (χ4v) is 1.25. The second-order valence-electron chi connectivity index (χ2n) is 3.18. The Labute approximate surface area is 77.7 Å². The summed E-state index contributed by atoms with van der Waals surface area (Å²) in [6, 6.07) is 4.66. The lowest BCUT2D eigenvalue weighted by atomic mass is 10.0. The predicted molar refractivity (Wildman–Crippen MR) is 52.6 cm³/mol. The maximum Gasteiger partial charge on any atom is 0.146 e. The minimum atomic E-state index is -0.385. The first kappa shape index (κ1) is 9.99. The summed E-state index contributed by atoms with van der Waals surface area (Å²) >= 11 is 0. The van der Waals surface area contributed by atoms with Gasteiger partial charge in [0.1, 0.15) is 5.82 Å². The molecular formula is C10H15FN2. The average Bonchev–Trinajstić information content (AvgIpc) is 2.10. The predicted octanol–water partition coefficient (Wildman–Crippen LogP) is 2.21. The molecule has 0 heterocycles. The van der Waals surface area contributed by atoms with Crippen LogP contribution in [0.25, 0.3) is 0 Å². The quantitative estimate of drug-likeness (QED) is 0.704. The minimum Gasteiger partial charge on any atom is -0.396 e. The first-order valence-electron chi connectivity index (χ1n) is 4.45. The van der Waals surface area contributed by atoms with Crippen LogP contribution in [0.4, 0.5) is 10.1 Å². The maximum atomic E-state index is 13.0. The second kappa shape index (κ2) is 4.23. The molecule has 0 amide bonds. The molecule has 0 spiro atoms. The van der Waals surface area contributed by atoms with Gasteiger partial charge in [0.2, 0.25) is 0 Å². The molecule has 4 N–H and O–H groups in total. The molecule has 0 bridgehead atoms. The number of nitrogen functional groups attached to an aromatic ring is 1. The molecule has 0 aliphatic heterocycles. The molecule has 0 aliphatic carbocycles. The lowest BCUT2D eigenvalue weighted by Gasteiger charge is -2.10. The van der Waals surface area contributed by atoms with E-state index in [1.807, 2.05) is 6.92 Å². The Morgan fingerprint density at radius 3 is 2.69 bits per heavy atom. The Morgan fingerprint density at radius 1 is 1.46 bits per heavy atom. The monoisotopic (exact) mass is 182 g/mol. The molecule has 72 valence electrons. The highest BCUT2D eigenvalue weighted by atomic mass is 19.1. The summed E-state index contributed by atoms with van der Waals surface area (Å²) in [4.78, 5) is 0. The van der Waals surface area contributed by atoms with Gasteiger partial charge in [-0.1, -0.05) is 19.4 Å². The molecule has 1 rings (SSSR count). The van der Waals surface area contributed by atoms with Crippen LogP contribution in [-0.4, -0.2) is 0 Å². The van der Waals surface area contributed by atoms with Crippen molar-refractivity contribution < 1.29 is 4.39 Å². The summed E-state index contributed by atoms with van der Waals surface area (Å²) in [6.45, 7) is 2.05. The summed E-state index contributed by atoms with van der Waals surface area (Å²) in [7, 11) is 0. The van der Waals surface area contributed by atoms with Crippen LogP contribution in [0.3, 0.4) is 0 Å². The normalized spacial score (nSPS) is 12.8. The molecular weight excluding hydrogens is 167 g/mol. The number of hydrogen-bond acceptors (Lipinski definition) is 2. The van der Waals surface area contributed by atoms with E-state index >= 15 is 0 Å². The number of halogens is 1. The molecule has 0 aliphatic rings. The third-order valence-corrected chi connectivity index (χ3v) is 2.05. The number of nitrogens with two attached hydrogens (primary N) is 2. The van der Waals surface area contributed by atoms with Crippen LogP contribution in [0.1, 0.15) is 31.4 Å². The van der Waals surface area contributed by atoms with Crippen molar-refractivity contribution in [3.63, 3.8) is 0 Å². The Morgan fingerprint density at radius 2 is 2.15 bits per heavy atom. The molecule has 0 unspecified atom stereocenters. The molecule has 1 aromatic rings. The summed E-state index contributed by atoms with van der Waals surface area (Å²) in [5, 5.41) is 0. The SMILES string of the molecule is CCC[C@@H](N)c1ccc(N)c(F)c1. The van der Waals surface area contributed by atoms with Gasteiger partial charge in [0.05, 0.1) is 5.69 Å². The van der Waals surface area contributed by atoms with Crippen LogP contribution < -0.4 is 11.5 Å². The molecule has 0 aromatic heterocycles. The molecule has 0 saturated heterocycles. The minimum absolute atomic E-state index is 0.0832. The first-order valence-corrected chi connectivity index (χ1v) is 4.45. The van der Waals surface area contributed by atoms with E-state index in [2.05, 4.69) is 0 Å². The number of hydrogen-bond donors (Lipinski definition) is 2. The number of rotatable bonds is 3. The molecule has 1 aromatic carbocycles. The van der Waals surface area contributed by atoms with Crippen molar-refractivity contribution in [1.82, 2.24) is 0 Å². The fraction of sp³-hybridized carbons (Fsp3) is 0.400. The van der Waals surface area contributed by atoms with E-state index in [1.54, 1.807) is 12.1 Å². The molecule has 13 heavy (non-hydrogen) atoms. The highest BCUT2D eigenvalue weighted by molar-refractivity contribution is 5.41. The Bertz CT molecular complexity index is 286. The van der Waals surface area contributed by atoms with E-state index in [-0.39, 0.29) is 17.5 Å². The van der Waals surface area contributed by atoms with E-state index in [4.69, 9.17) is 11.5 Å². The Balaban J connectivity index is 2.84. The van der Waals surface area contributed by atoms with E-state index in [0.29, 0.717) is 0 Å². The summed E-state index contributed by atoms with van der Waals surface area (Å²) in [6.07, 6.45) is 1.86. The van der Waals surface area contributed by atoms with Gasteiger partial charge in [-0.15, -0.1) is 0 Å². The van der Waals surface area contributed by atoms with Gasteiger partial charge >= 0.3 is 0 Å². The summed E-state index contributed by atoms with van der Waals surface area (Å²) in [5.74, 6) is -0.385. The number of anilines is 1. The van der Waals surface area contributed by atoms with Gasteiger partial charge < -0.3 is 11.5 Å². The zero-order chi connectivity index (χ0) is 9.84. The molecule has 0 fully saturated rings. The summed E-state index contributed by atoms with van der Waals surface area (Å²) in [5.41, 5.74) is 12.2. The topological polar surface area (TPSA) is 52.0 Å². The highest BCUT2D eigenvalue weighted by Gasteiger charge is 2.06. The highest BCUT2D eigenvalue weighted by Crippen LogP contribution is 2.19. The molecule has 3 heteroatoms. The maximum absolute atomic E-state index is 13.0. The van der Waals surface area contributed by atoms with Crippen LogP contribution in [0, 0.1) is 5.82 Å². The Hall–Kier alpha value is -1.09. The summed E-state index contributed by atoms with van der Waals surface area (Å²) < 4.78 is 13.0. The zero-order valence-electron chi connectivity index (χ0n) is 7.76. The van der Waals surface area contributed by atoms with E-state index in [1.165, 1.54) is 6.07 Å². The standard InChI is InChI=1S/C10H15FN2/c1-2-3-9(12)7-4-5-10(13)8(11)6-7/h4-6,9H,2-3,12-13H2,1H3/t9-/m1/s1. The van der Waals surface area contributed by atoms with Gasteiger partial charge in [0, 0.05) is 6.04 Å². The van der Waals surface area contributed by atoms with E-state index in [0.717, 1.165) is 18.4 Å². The van der Waals surface area contributed by atoms with Crippen molar-refractivity contribution in [2.75, 3.05) is 5.73 Å². The van der Waals surface area contributed by atoms with Gasteiger partial charge in [-0.25, -0.2) is 4.39 Å². The van der Waals surface area contributed by atoms with Gasteiger partial charge in [0.25, 0.3) is 0 Å². The lowest BCUT2D eigenvalue weighted by Crippen LogP contribution is -2.10. The van der Waals surface area contributed by atoms with Gasteiger partial charge in [-0.3, -0.25) is 0 Å². The van der Waals surface area contributed by atoms with Crippen molar-refractivity contribution >= 4 is 5.69 Å². The number of benzene rings is 1. The van der Waals surface area contributed by atoms with Crippen LogP contribution in [-0.2, 0) is 0 Å². The van der Waals surface area contributed by atoms with Crippen molar-refractivity contribution in [1.29, 1.82) is 0 Å². The van der Waals surface area contributed by atoms with Crippen LogP contribution in [0.15, 0.2) is 18.2 Å². The molecule has 1 atom stereocenters. The van der Waals surface area contributed by atoms with Gasteiger partial charge in [0.15, 0.2) is 0 Å². The van der Waals surface area contributed by atoms with Crippen molar-refractivity contribution in [3.8, 4) is 0 Å². The largest absolute Gasteiger partial charge is 0.396 e. The Kier molecular flexibility index (Phi) is 3.25. The van der Waals surface area contributed by atoms with Gasteiger partial charge in [-0.2, -0.15) is 0 Å². The van der Waals surface area contributed by atoms with Crippen LogP contribution in [0.2, 0.25) is 0 Å². The lowest BCUT2D eigenvalue weighted by molar-refractivity contribution is 0.608. The average molecular weight is 182 g/mol. The van der Waals surface area contributed by atoms with E-state index in [9.17, 15) is 4.39 Å². The smallest absolute Gasteiger partial charge is 0.146 e. The van der Waals surface area contributed by atoms with Crippen LogP contribution >= 0.6 is 0 Å².